The smallest absolute Gasteiger partial charge is 0.280 e. The topological polar surface area (TPSA) is 215 Å². The van der Waals surface area contributed by atoms with Crippen molar-refractivity contribution in [1.82, 2.24) is 15.3 Å². The van der Waals surface area contributed by atoms with Crippen LogP contribution in [-0.4, -0.2) is 75.7 Å². The molecule has 13 heteroatoms. The van der Waals surface area contributed by atoms with Crippen molar-refractivity contribution in [3.63, 3.8) is 0 Å². The number of nitrogens with zero attached hydrogens (tertiary/aromatic N) is 3. The number of nitrogen functional groups attached to an aromatic ring is 2. The van der Waals surface area contributed by atoms with Crippen molar-refractivity contribution in [2.45, 2.75) is 57.2 Å². The molecule has 1 aromatic rings. The number of anilines is 2. The molecule has 1 aliphatic rings. The molecule has 0 radical (unpaired) electrons. The summed E-state index contributed by atoms with van der Waals surface area (Å²) in [6.45, 7) is -0.183. The van der Waals surface area contributed by atoms with E-state index in [1.807, 2.05) is 0 Å². The summed E-state index contributed by atoms with van der Waals surface area (Å²) in [6.07, 6.45) is 6.19. The van der Waals surface area contributed by atoms with Crippen LogP contribution in [0.25, 0.3) is 0 Å². The molecule has 1 aromatic heterocycles. The number of halogens is 1. The third-order valence-electron chi connectivity index (χ3n) is 6.00. The Hall–Kier alpha value is -2.25. The second-order valence-electron chi connectivity index (χ2n) is 8.48. The number of aliphatic hydroxyl groups is 3. The summed E-state index contributed by atoms with van der Waals surface area (Å²) >= 11 is 5.78. The van der Waals surface area contributed by atoms with Gasteiger partial charge in [-0.2, -0.15) is 0 Å². The lowest BCUT2D eigenvalue weighted by Gasteiger charge is -2.33. The molecule has 0 saturated heterocycles. The SMILES string of the molecule is NC(=NCCCCC1CCC(OC(CO)C(CO)CO)CC1)NC(=O)c1nc(Cl)c(N)nc1N. The third kappa shape index (κ3) is 8.51. The van der Waals surface area contributed by atoms with E-state index in [0.717, 1.165) is 44.9 Å². The second kappa shape index (κ2) is 14.2. The molecule has 10 N–H and O–H groups in total. The van der Waals surface area contributed by atoms with Crippen molar-refractivity contribution in [1.29, 1.82) is 0 Å². The Morgan fingerprint density at radius 1 is 1.09 bits per heavy atom. The highest BCUT2D eigenvalue weighted by Gasteiger charge is 2.27. The molecule has 1 fully saturated rings. The minimum Gasteiger partial charge on any atom is -0.396 e. The van der Waals surface area contributed by atoms with Crippen LogP contribution in [-0.2, 0) is 4.74 Å². The Kier molecular flexibility index (Phi) is 11.7. The van der Waals surface area contributed by atoms with Gasteiger partial charge in [0.1, 0.15) is 0 Å². The number of hydrogen-bond donors (Lipinski definition) is 7. The summed E-state index contributed by atoms with van der Waals surface area (Å²) in [5.74, 6) is -0.795. The van der Waals surface area contributed by atoms with Crippen LogP contribution in [0.1, 0.15) is 55.4 Å². The van der Waals surface area contributed by atoms with Gasteiger partial charge in [0.25, 0.3) is 5.91 Å². The maximum atomic E-state index is 12.2. The predicted molar refractivity (Wildman–Crippen MR) is 129 cm³/mol. The van der Waals surface area contributed by atoms with Gasteiger partial charge in [-0.05, 0) is 38.0 Å². The van der Waals surface area contributed by atoms with Gasteiger partial charge in [0.2, 0.25) is 0 Å². The number of rotatable bonds is 12. The first-order valence-corrected chi connectivity index (χ1v) is 11.8. The van der Waals surface area contributed by atoms with E-state index in [1.54, 1.807) is 0 Å². The Balaban J connectivity index is 1.66. The van der Waals surface area contributed by atoms with E-state index < -0.39 is 17.9 Å². The number of hydrogen-bond acceptors (Lipinski definition) is 10. The van der Waals surface area contributed by atoms with E-state index in [0.29, 0.717) is 12.5 Å². The highest BCUT2D eigenvalue weighted by molar-refractivity contribution is 6.31. The van der Waals surface area contributed by atoms with Crippen molar-refractivity contribution in [3.05, 3.63) is 10.8 Å². The van der Waals surface area contributed by atoms with Crippen molar-refractivity contribution < 1.29 is 24.9 Å². The fraction of sp³-hybridized carbons (Fsp3) is 0.714. The van der Waals surface area contributed by atoms with Crippen LogP contribution in [0.15, 0.2) is 4.99 Å². The van der Waals surface area contributed by atoms with Crippen LogP contribution in [0.2, 0.25) is 5.15 Å². The molecule has 1 heterocycles. The normalized spacial score (nSPS) is 19.9. The van der Waals surface area contributed by atoms with Gasteiger partial charge in [-0.1, -0.05) is 24.4 Å². The molecule has 0 bridgehead atoms. The predicted octanol–water partition coefficient (Wildman–Crippen LogP) is 0.0463. The molecule has 0 aliphatic heterocycles. The van der Waals surface area contributed by atoms with Gasteiger partial charge in [0.05, 0.1) is 32.0 Å². The monoisotopic (exact) mass is 501 g/mol. The fourth-order valence-corrected chi connectivity index (χ4v) is 4.09. The molecule has 1 atom stereocenters. The molecule has 34 heavy (non-hydrogen) atoms. The van der Waals surface area contributed by atoms with Crippen LogP contribution in [0.5, 0.6) is 0 Å². The van der Waals surface area contributed by atoms with Gasteiger partial charge in [-0.25, -0.2) is 9.97 Å². The van der Waals surface area contributed by atoms with Crippen molar-refractivity contribution in [2.75, 3.05) is 37.8 Å². The Morgan fingerprint density at radius 3 is 2.38 bits per heavy atom. The summed E-state index contributed by atoms with van der Waals surface area (Å²) in [5.41, 5.74) is 16.7. The fourth-order valence-electron chi connectivity index (χ4n) is 3.97. The first-order valence-electron chi connectivity index (χ1n) is 11.5. The summed E-state index contributed by atoms with van der Waals surface area (Å²) in [7, 11) is 0. The van der Waals surface area contributed by atoms with E-state index in [1.165, 1.54) is 0 Å². The average Bonchev–Trinajstić information content (AvgIpc) is 2.82. The molecule has 1 saturated carbocycles. The summed E-state index contributed by atoms with van der Waals surface area (Å²) in [4.78, 5) is 23.9. The van der Waals surface area contributed by atoms with E-state index in [2.05, 4.69) is 20.3 Å². The van der Waals surface area contributed by atoms with E-state index in [-0.39, 0.29) is 54.4 Å². The molecule has 12 nitrogen and oxygen atoms in total. The van der Waals surface area contributed by atoms with Gasteiger partial charge in [0, 0.05) is 12.5 Å². The number of guanidine groups is 1. The molecule has 2 rings (SSSR count). The minimum atomic E-state index is -0.667. The molecule has 0 aromatic carbocycles. The molecule has 1 amide bonds. The summed E-state index contributed by atoms with van der Waals surface area (Å²) < 4.78 is 5.92. The van der Waals surface area contributed by atoms with E-state index in [4.69, 9.17) is 33.5 Å². The number of aliphatic hydroxyl groups excluding tert-OH is 3. The number of nitrogens with two attached hydrogens (primary N) is 3. The van der Waals surface area contributed by atoms with E-state index >= 15 is 0 Å². The first-order chi connectivity index (χ1) is 16.3. The number of unbranched alkanes of at least 4 members (excludes halogenated alkanes) is 1. The number of carbonyl (C=O) groups excluding carboxylic acids is 1. The Morgan fingerprint density at radius 2 is 1.76 bits per heavy atom. The lowest BCUT2D eigenvalue weighted by atomic mass is 9.84. The minimum absolute atomic E-state index is 0.0386. The molecule has 1 aliphatic carbocycles. The van der Waals surface area contributed by atoms with Crippen LogP contribution in [0.4, 0.5) is 11.6 Å². The van der Waals surface area contributed by atoms with Crippen LogP contribution in [0, 0.1) is 11.8 Å². The number of aliphatic imine (C=N–C) groups is 1. The van der Waals surface area contributed by atoms with Gasteiger partial charge in [-0.15, -0.1) is 0 Å². The second-order valence-corrected chi connectivity index (χ2v) is 8.83. The number of amides is 1. The summed E-state index contributed by atoms with van der Waals surface area (Å²) in [5, 5.41) is 30.3. The van der Waals surface area contributed by atoms with Crippen LogP contribution >= 0.6 is 11.6 Å². The van der Waals surface area contributed by atoms with Gasteiger partial charge in [0.15, 0.2) is 28.4 Å². The van der Waals surface area contributed by atoms with Gasteiger partial charge < -0.3 is 37.3 Å². The van der Waals surface area contributed by atoms with Crippen molar-refractivity contribution in [3.8, 4) is 0 Å². The lowest BCUT2D eigenvalue weighted by Crippen LogP contribution is -2.38. The lowest BCUT2D eigenvalue weighted by molar-refractivity contribution is -0.101. The zero-order chi connectivity index (χ0) is 25.1. The molecule has 192 valence electrons. The first kappa shape index (κ1) is 28.0. The largest absolute Gasteiger partial charge is 0.396 e. The zero-order valence-corrected chi connectivity index (χ0v) is 20.0. The van der Waals surface area contributed by atoms with Gasteiger partial charge in [-0.3, -0.25) is 15.1 Å². The van der Waals surface area contributed by atoms with Gasteiger partial charge >= 0.3 is 0 Å². The number of aromatic nitrogens is 2. The maximum absolute atomic E-state index is 12.2. The quantitative estimate of drug-likeness (QED) is 0.116. The Bertz CT molecular complexity index is 817. The van der Waals surface area contributed by atoms with Crippen molar-refractivity contribution in [2.24, 2.45) is 22.6 Å². The number of ether oxygens (including phenoxy) is 1. The highest BCUT2D eigenvalue weighted by Crippen LogP contribution is 2.31. The number of carbonyl (C=O) groups is 1. The average molecular weight is 502 g/mol. The Labute approximate surface area is 203 Å². The molecular formula is C21H36ClN7O5. The standard InChI is InChI=1S/C21H36ClN7O5/c22-17-19(24)28-18(23)16(27-17)20(33)29-21(25)26-8-2-1-3-12-4-6-14(7-5-12)34-15(11-32)13(9-30)10-31/h12-15,30-32H,1-11H2,(H4,23,24,28)(H3,25,26,29,33). The van der Waals surface area contributed by atoms with E-state index in [9.17, 15) is 20.1 Å². The van der Waals surface area contributed by atoms with Crippen LogP contribution in [0.3, 0.4) is 0 Å². The summed E-state index contributed by atoms with van der Waals surface area (Å²) in [6, 6.07) is 0. The van der Waals surface area contributed by atoms with Crippen LogP contribution < -0.4 is 22.5 Å². The zero-order valence-electron chi connectivity index (χ0n) is 19.2. The molecule has 0 spiro atoms. The maximum Gasteiger partial charge on any atom is 0.280 e. The van der Waals surface area contributed by atoms with Crippen molar-refractivity contribution >= 4 is 35.1 Å². The molecule has 1 unspecified atom stereocenters. The highest BCUT2D eigenvalue weighted by atomic mass is 35.5. The number of nitrogens with one attached hydrogen (secondary N) is 1. The molecular weight excluding hydrogens is 466 g/mol. The third-order valence-corrected chi connectivity index (χ3v) is 6.28.